The van der Waals surface area contributed by atoms with Crippen LogP contribution in [0.3, 0.4) is 0 Å². The number of aliphatic hydroxyl groups excluding tert-OH is 1. The lowest BCUT2D eigenvalue weighted by Gasteiger charge is -2.12. The zero-order valence-corrected chi connectivity index (χ0v) is 16.1. The number of rotatable bonds is 8. The largest absolute Gasteiger partial charge is 0.463 e. The van der Waals surface area contributed by atoms with Crippen LogP contribution in [0.5, 0.6) is 0 Å². The normalized spacial score (nSPS) is 10.6. The van der Waals surface area contributed by atoms with E-state index >= 15 is 0 Å². The molecule has 29 heavy (non-hydrogen) atoms. The van der Waals surface area contributed by atoms with Gasteiger partial charge in [0.05, 0.1) is 13.2 Å². The highest BCUT2D eigenvalue weighted by atomic mass is 19.1. The first-order chi connectivity index (χ1) is 14.1. The Morgan fingerprint density at radius 2 is 1.72 bits per heavy atom. The van der Waals surface area contributed by atoms with Crippen LogP contribution in [0.25, 0.3) is 22.3 Å². The van der Waals surface area contributed by atoms with Crippen LogP contribution in [0.2, 0.25) is 0 Å². The van der Waals surface area contributed by atoms with Crippen LogP contribution < -0.4 is 0 Å². The van der Waals surface area contributed by atoms with Gasteiger partial charge in [0.15, 0.2) is 0 Å². The van der Waals surface area contributed by atoms with E-state index in [9.17, 15) is 14.3 Å². The van der Waals surface area contributed by atoms with Crippen LogP contribution >= 0.6 is 0 Å². The molecule has 0 heterocycles. The molecular formula is C25H23FO3. The fourth-order valence-electron chi connectivity index (χ4n) is 3.23. The second-order valence-electron chi connectivity index (χ2n) is 6.68. The second-order valence-corrected chi connectivity index (χ2v) is 6.68. The average molecular weight is 390 g/mol. The summed E-state index contributed by atoms with van der Waals surface area (Å²) in [5, 5.41) is 9.61. The van der Waals surface area contributed by atoms with Crippen LogP contribution in [0, 0.1) is 5.82 Å². The molecule has 0 bridgehead atoms. The highest BCUT2D eigenvalue weighted by molar-refractivity contribution is 5.81. The quantitative estimate of drug-likeness (QED) is 0.322. The van der Waals surface area contributed by atoms with E-state index in [1.54, 1.807) is 12.1 Å². The third-order valence-corrected chi connectivity index (χ3v) is 4.77. The summed E-state index contributed by atoms with van der Waals surface area (Å²) in [5.74, 6) is -0.754. The molecule has 3 aromatic carbocycles. The molecular weight excluding hydrogens is 367 g/mol. The predicted molar refractivity (Wildman–Crippen MR) is 113 cm³/mol. The number of halogens is 1. The Hall–Kier alpha value is -3.24. The minimum atomic E-state index is -0.457. The molecule has 3 rings (SSSR count). The molecule has 0 spiro atoms. The summed E-state index contributed by atoms with van der Waals surface area (Å²) < 4.78 is 19.8. The zero-order chi connectivity index (χ0) is 20.6. The summed E-state index contributed by atoms with van der Waals surface area (Å²) in [4.78, 5) is 11.1. The van der Waals surface area contributed by atoms with Crippen LogP contribution in [0.4, 0.5) is 4.39 Å². The lowest BCUT2D eigenvalue weighted by molar-refractivity contribution is -0.137. The van der Waals surface area contributed by atoms with Crippen molar-refractivity contribution < 1.29 is 19.0 Å². The summed E-state index contributed by atoms with van der Waals surface area (Å²) in [6, 6.07) is 20.4. The maximum atomic E-state index is 14.9. The van der Waals surface area contributed by atoms with Gasteiger partial charge in [-0.2, -0.15) is 0 Å². The van der Waals surface area contributed by atoms with Crippen molar-refractivity contribution in [2.45, 2.75) is 19.4 Å². The first kappa shape index (κ1) is 20.5. The molecule has 3 nitrogen and oxygen atoms in total. The van der Waals surface area contributed by atoms with Crippen molar-refractivity contribution >= 4 is 5.97 Å². The van der Waals surface area contributed by atoms with E-state index in [-0.39, 0.29) is 19.0 Å². The van der Waals surface area contributed by atoms with Gasteiger partial charge in [0, 0.05) is 11.6 Å². The Labute approximate surface area is 170 Å². The van der Waals surface area contributed by atoms with Crippen molar-refractivity contribution in [1.82, 2.24) is 0 Å². The van der Waals surface area contributed by atoms with E-state index in [1.165, 1.54) is 0 Å². The fourth-order valence-corrected chi connectivity index (χ4v) is 3.23. The third kappa shape index (κ3) is 5.18. The molecule has 0 saturated carbocycles. The van der Waals surface area contributed by atoms with Crippen molar-refractivity contribution in [3.8, 4) is 22.3 Å². The zero-order valence-electron chi connectivity index (χ0n) is 16.1. The molecule has 0 amide bonds. The summed E-state index contributed by atoms with van der Waals surface area (Å²) in [5.41, 5.74) is 4.73. The lowest BCUT2D eigenvalue weighted by Crippen LogP contribution is -2.04. The average Bonchev–Trinajstić information content (AvgIpc) is 2.77. The number of benzene rings is 3. The Bertz CT molecular complexity index is 996. The van der Waals surface area contributed by atoms with E-state index in [4.69, 9.17) is 4.74 Å². The topological polar surface area (TPSA) is 46.5 Å². The van der Waals surface area contributed by atoms with Crippen LogP contribution in [-0.4, -0.2) is 17.7 Å². The maximum Gasteiger partial charge on any atom is 0.330 e. The molecule has 0 radical (unpaired) electrons. The van der Waals surface area contributed by atoms with Crippen LogP contribution in [0.1, 0.15) is 17.5 Å². The smallest absolute Gasteiger partial charge is 0.330 e. The SMILES string of the molecule is C=CC(=O)OCCCc1cc(-c2ccc(-c3ccccc3)cc2F)ccc1CO. The Morgan fingerprint density at radius 1 is 0.966 bits per heavy atom. The molecule has 148 valence electrons. The summed E-state index contributed by atoms with van der Waals surface area (Å²) in [6.45, 7) is 3.52. The van der Waals surface area contributed by atoms with E-state index in [1.807, 2.05) is 54.6 Å². The number of hydrogen-bond acceptors (Lipinski definition) is 3. The number of aliphatic hydroxyl groups is 1. The Morgan fingerprint density at radius 3 is 2.41 bits per heavy atom. The fraction of sp³-hybridized carbons (Fsp3) is 0.160. The first-order valence-electron chi connectivity index (χ1n) is 9.49. The number of aryl methyl sites for hydroxylation is 1. The highest BCUT2D eigenvalue weighted by Crippen LogP contribution is 2.29. The number of hydrogen-bond donors (Lipinski definition) is 1. The molecule has 0 atom stereocenters. The van der Waals surface area contributed by atoms with E-state index in [2.05, 4.69) is 6.58 Å². The Balaban J connectivity index is 1.81. The van der Waals surface area contributed by atoms with E-state index < -0.39 is 5.97 Å². The summed E-state index contributed by atoms with van der Waals surface area (Å²) >= 11 is 0. The molecule has 0 fully saturated rings. The number of carbonyl (C=O) groups is 1. The van der Waals surface area contributed by atoms with Gasteiger partial charge in [0.1, 0.15) is 5.82 Å². The molecule has 0 aromatic heterocycles. The second kappa shape index (κ2) is 9.80. The standard InChI is InChI=1S/C25H23FO3/c1-2-25(28)29-14-6-9-19-15-21(10-11-22(19)17-27)23-13-12-20(16-24(23)26)18-7-4-3-5-8-18/h2-5,7-8,10-13,15-16,27H,1,6,9,14,17H2. The van der Waals surface area contributed by atoms with Crippen molar-refractivity contribution in [3.05, 3.63) is 96.3 Å². The van der Waals surface area contributed by atoms with E-state index in [0.29, 0.717) is 18.4 Å². The predicted octanol–water partition coefficient (Wildman–Crippen LogP) is 5.31. The maximum absolute atomic E-state index is 14.9. The van der Waals surface area contributed by atoms with Gasteiger partial charge in [-0.15, -0.1) is 0 Å². The molecule has 0 aliphatic heterocycles. The first-order valence-corrected chi connectivity index (χ1v) is 9.49. The van der Waals surface area contributed by atoms with Gasteiger partial charge in [-0.25, -0.2) is 9.18 Å². The molecule has 0 aliphatic rings. The lowest BCUT2D eigenvalue weighted by atomic mass is 9.95. The van der Waals surface area contributed by atoms with Crippen LogP contribution in [-0.2, 0) is 22.6 Å². The monoisotopic (exact) mass is 390 g/mol. The van der Waals surface area contributed by atoms with E-state index in [0.717, 1.165) is 33.9 Å². The molecule has 0 saturated heterocycles. The Kier molecular flexibility index (Phi) is 6.93. The minimum Gasteiger partial charge on any atom is -0.463 e. The van der Waals surface area contributed by atoms with Gasteiger partial charge >= 0.3 is 5.97 Å². The van der Waals surface area contributed by atoms with Crippen LogP contribution in [0.15, 0.2) is 79.4 Å². The van der Waals surface area contributed by atoms with Crippen molar-refractivity contribution in [3.63, 3.8) is 0 Å². The van der Waals surface area contributed by atoms with Crippen molar-refractivity contribution in [2.75, 3.05) is 6.61 Å². The van der Waals surface area contributed by atoms with Crippen molar-refractivity contribution in [2.24, 2.45) is 0 Å². The minimum absolute atomic E-state index is 0.0997. The number of carbonyl (C=O) groups excluding carboxylic acids is 1. The van der Waals surface area contributed by atoms with Gasteiger partial charge in [-0.05, 0) is 46.7 Å². The molecule has 0 unspecified atom stereocenters. The third-order valence-electron chi connectivity index (χ3n) is 4.77. The van der Waals surface area contributed by atoms with Gasteiger partial charge in [-0.1, -0.05) is 67.2 Å². The van der Waals surface area contributed by atoms with Gasteiger partial charge in [0.2, 0.25) is 0 Å². The highest BCUT2D eigenvalue weighted by Gasteiger charge is 2.11. The van der Waals surface area contributed by atoms with Gasteiger partial charge < -0.3 is 9.84 Å². The van der Waals surface area contributed by atoms with Crippen molar-refractivity contribution in [1.29, 1.82) is 0 Å². The molecule has 0 aliphatic carbocycles. The summed E-state index contributed by atoms with van der Waals surface area (Å²) in [7, 11) is 0. The summed E-state index contributed by atoms with van der Waals surface area (Å²) in [6.07, 6.45) is 2.34. The van der Waals surface area contributed by atoms with Gasteiger partial charge in [-0.3, -0.25) is 0 Å². The number of ether oxygens (including phenoxy) is 1. The van der Waals surface area contributed by atoms with Gasteiger partial charge in [0.25, 0.3) is 0 Å². The number of esters is 1. The molecule has 4 heteroatoms. The molecule has 1 N–H and O–H groups in total. The molecule has 3 aromatic rings.